The molecule has 3 heteroatoms. The van der Waals surface area contributed by atoms with Crippen LogP contribution in [0.3, 0.4) is 0 Å². The second-order valence-corrected chi connectivity index (χ2v) is 3.66. The van der Waals surface area contributed by atoms with Gasteiger partial charge in [0.05, 0.1) is 0 Å². The highest BCUT2D eigenvalue weighted by atomic mass is 16.4. The molecule has 0 spiro atoms. The molecule has 0 aliphatic carbocycles. The number of rotatable bonds is 4. The van der Waals surface area contributed by atoms with E-state index >= 15 is 0 Å². The first-order valence-corrected chi connectivity index (χ1v) is 5.09. The zero-order valence-corrected chi connectivity index (χ0v) is 9.40. The lowest BCUT2D eigenvalue weighted by Crippen LogP contribution is -2.38. The highest BCUT2D eigenvalue weighted by Gasteiger charge is 2.21. The Kier molecular flexibility index (Phi) is 3.72. The summed E-state index contributed by atoms with van der Waals surface area (Å²) in [6, 6.07) is 7.36. The highest BCUT2D eigenvalue weighted by molar-refractivity contribution is 5.78. The number of carboxylic acid groups (broad SMARTS) is 1. The molecule has 0 amide bonds. The predicted octanol–water partition coefficient (Wildman–Crippen LogP) is 2.29. The van der Waals surface area contributed by atoms with E-state index < -0.39 is 12.0 Å². The smallest absolute Gasteiger partial charge is 0.326 e. The third kappa shape index (κ3) is 2.49. The topological polar surface area (TPSA) is 40.5 Å². The molecule has 3 nitrogen and oxygen atoms in total. The monoisotopic (exact) mass is 207 g/mol. The normalized spacial score (nSPS) is 12.2. The molecule has 0 heterocycles. The van der Waals surface area contributed by atoms with Gasteiger partial charge in [-0.3, -0.25) is 0 Å². The van der Waals surface area contributed by atoms with E-state index in [0.29, 0.717) is 6.42 Å². The molecular weight excluding hydrogens is 190 g/mol. The Morgan fingerprint density at radius 3 is 2.53 bits per heavy atom. The van der Waals surface area contributed by atoms with Crippen LogP contribution in [0.1, 0.15) is 18.9 Å². The Morgan fingerprint density at radius 1 is 1.47 bits per heavy atom. The van der Waals surface area contributed by atoms with Gasteiger partial charge in [-0.05, 0) is 25.0 Å². The molecule has 1 aromatic carbocycles. The molecule has 0 fully saturated rings. The van der Waals surface area contributed by atoms with Gasteiger partial charge in [-0.2, -0.15) is 0 Å². The third-order valence-corrected chi connectivity index (χ3v) is 2.63. The van der Waals surface area contributed by atoms with Gasteiger partial charge in [0.15, 0.2) is 0 Å². The van der Waals surface area contributed by atoms with Crippen molar-refractivity contribution in [2.45, 2.75) is 26.3 Å². The molecule has 1 atom stereocenters. The maximum Gasteiger partial charge on any atom is 0.326 e. The summed E-state index contributed by atoms with van der Waals surface area (Å²) in [6.45, 7) is 3.87. The molecule has 0 saturated carbocycles. The highest BCUT2D eigenvalue weighted by Crippen LogP contribution is 2.21. The van der Waals surface area contributed by atoms with E-state index in [1.54, 1.807) is 0 Å². The van der Waals surface area contributed by atoms with E-state index in [1.807, 2.05) is 50.1 Å². The van der Waals surface area contributed by atoms with E-state index in [2.05, 4.69) is 0 Å². The molecular formula is C12H17NO2. The van der Waals surface area contributed by atoms with E-state index in [0.717, 1.165) is 11.3 Å². The first kappa shape index (κ1) is 11.6. The van der Waals surface area contributed by atoms with Gasteiger partial charge in [-0.25, -0.2) is 4.79 Å². The van der Waals surface area contributed by atoms with Crippen molar-refractivity contribution >= 4 is 11.7 Å². The van der Waals surface area contributed by atoms with Crippen LogP contribution in [-0.4, -0.2) is 24.2 Å². The molecule has 1 N–H and O–H groups in total. The second-order valence-electron chi connectivity index (χ2n) is 3.66. The quantitative estimate of drug-likeness (QED) is 0.823. The van der Waals surface area contributed by atoms with Crippen molar-refractivity contribution in [2.24, 2.45) is 0 Å². The molecule has 0 aliphatic rings. The first-order valence-electron chi connectivity index (χ1n) is 5.09. The largest absolute Gasteiger partial charge is 0.480 e. The number of aryl methyl sites for hydroxylation is 1. The fraction of sp³-hybridized carbons (Fsp3) is 0.417. The second kappa shape index (κ2) is 4.82. The average Bonchev–Trinajstić information content (AvgIpc) is 2.18. The number of benzene rings is 1. The summed E-state index contributed by atoms with van der Waals surface area (Å²) in [5.74, 6) is -0.775. The third-order valence-electron chi connectivity index (χ3n) is 2.63. The van der Waals surface area contributed by atoms with Crippen LogP contribution in [0.2, 0.25) is 0 Å². The van der Waals surface area contributed by atoms with Crippen molar-refractivity contribution in [3.8, 4) is 0 Å². The molecule has 1 rings (SSSR count). The molecule has 0 radical (unpaired) electrons. The van der Waals surface area contributed by atoms with Crippen LogP contribution in [0.5, 0.6) is 0 Å². The van der Waals surface area contributed by atoms with E-state index in [1.165, 1.54) is 0 Å². The van der Waals surface area contributed by atoms with Crippen molar-refractivity contribution in [3.05, 3.63) is 29.8 Å². The van der Waals surface area contributed by atoms with Crippen molar-refractivity contribution in [1.82, 2.24) is 0 Å². The summed E-state index contributed by atoms with van der Waals surface area (Å²) < 4.78 is 0. The fourth-order valence-electron chi connectivity index (χ4n) is 1.74. The molecule has 1 aromatic rings. The summed E-state index contributed by atoms with van der Waals surface area (Å²) in [4.78, 5) is 12.8. The molecule has 0 aliphatic heterocycles. The van der Waals surface area contributed by atoms with Gasteiger partial charge in [0, 0.05) is 12.7 Å². The number of likely N-dealkylation sites (N-methyl/N-ethyl adjacent to an activating group) is 1. The van der Waals surface area contributed by atoms with Crippen LogP contribution >= 0.6 is 0 Å². The molecule has 15 heavy (non-hydrogen) atoms. The van der Waals surface area contributed by atoms with Gasteiger partial charge in [-0.1, -0.05) is 25.1 Å². The summed E-state index contributed by atoms with van der Waals surface area (Å²) in [5.41, 5.74) is 2.08. The van der Waals surface area contributed by atoms with Crippen LogP contribution in [0.15, 0.2) is 24.3 Å². The number of hydrogen-bond acceptors (Lipinski definition) is 2. The number of aliphatic carboxylic acids is 1. The van der Waals surface area contributed by atoms with Gasteiger partial charge in [0.1, 0.15) is 6.04 Å². The van der Waals surface area contributed by atoms with E-state index in [9.17, 15) is 4.79 Å². The summed E-state index contributed by atoms with van der Waals surface area (Å²) in [6.07, 6.45) is 0.597. The summed E-state index contributed by atoms with van der Waals surface area (Å²) in [7, 11) is 1.82. The molecule has 0 saturated heterocycles. The van der Waals surface area contributed by atoms with Crippen LogP contribution in [0.4, 0.5) is 5.69 Å². The van der Waals surface area contributed by atoms with E-state index in [-0.39, 0.29) is 0 Å². The molecule has 0 unspecified atom stereocenters. The molecule has 0 aromatic heterocycles. The lowest BCUT2D eigenvalue weighted by molar-refractivity contribution is -0.138. The number of carboxylic acids is 1. The SMILES string of the molecule is CC[C@H](C(=O)O)N(C)c1ccccc1C. The van der Waals surface area contributed by atoms with E-state index in [4.69, 9.17) is 5.11 Å². The minimum atomic E-state index is -0.775. The summed E-state index contributed by atoms with van der Waals surface area (Å²) in [5, 5.41) is 9.05. The number of carbonyl (C=O) groups is 1. The minimum absolute atomic E-state index is 0.453. The van der Waals surface area contributed by atoms with Gasteiger partial charge in [0.2, 0.25) is 0 Å². The van der Waals surface area contributed by atoms with Crippen LogP contribution < -0.4 is 4.90 Å². The number of anilines is 1. The lowest BCUT2D eigenvalue weighted by atomic mass is 10.1. The predicted molar refractivity (Wildman–Crippen MR) is 61.3 cm³/mol. The number of hydrogen-bond donors (Lipinski definition) is 1. The Labute approximate surface area is 90.3 Å². The Morgan fingerprint density at radius 2 is 2.07 bits per heavy atom. The maximum absolute atomic E-state index is 11.0. The molecule has 0 bridgehead atoms. The van der Waals surface area contributed by atoms with Gasteiger partial charge >= 0.3 is 5.97 Å². The Bertz CT molecular complexity index is 349. The lowest BCUT2D eigenvalue weighted by Gasteiger charge is -2.27. The molecule has 82 valence electrons. The fourth-order valence-corrected chi connectivity index (χ4v) is 1.74. The standard InChI is InChI=1S/C12H17NO2/c1-4-10(12(14)15)13(3)11-8-6-5-7-9(11)2/h5-8,10H,4H2,1-3H3,(H,14,15)/t10-/m1/s1. The summed E-state index contributed by atoms with van der Waals surface area (Å²) >= 11 is 0. The first-order chi connectivity index (χ1) is 7.07. The van der Waals surface area contributed by atoms with Crippen LogP contribution in [0.25, 0.3) is 0 Å². The average molecular weight is 207 g/mol. The van der Waals surface area contributed by atoms with Crippen molar-refractivity contribution in [1.29, 1.82) is 0 Å². The van der Waals surface area contributed by atoms with Gasteiger partial charge in [0.25, 0.3) is 0 Å². The maximum atomic E-state index is 11.0. The van der Waals surface area contributed by atoms with Crippen LogP contribution in [-0.2, 0) is 4.79 Å². The van der Waals surface area contributed by atoms with Crippen LogP contribution in [0, 0.1) is 6.92 Å². The zero-order chi connectivity index (χ0) is 11.4. The van der Waals surface area contributed by atoms with Gasteiger partial charge in [-0.15, -0.1) is 0 Å². The number of nitrogens with zero attached hydrogens (tertiary/aromatic N) is 1. The minimum Gasteiger partial charge on any atom is -0.480 e. The van der Waals surface area contributed by atoms with Gasteiger partial charge < -0.3 is 10.0 Å². The zero-order valence-electron chi connectivity index (χ0n) is 9.40. The number of para-hydroxylation sites is 1. The van der Waals surface area contributed by atoms with Crippen molar-refractivity contribution < 1.29 is 9.90 Å². The van der Waals surface area contributed by atoms with Crippen molar-refractivity contribution in [2.75, 3.05) is 11.9 Å². The van der Waals surface area contributed by atoms with Crippen molar-refractivity contribution in [3.63, 3.8) is 0 Å². The Hall–Kier alpha value is -1.51. The Balaban J connectivity index is 2.97.